The average molecular weight is 270 g/mol. The van der Waals surface area contributed by atoms with Gasteiger partial charge in [0, 0.05) is 23.6 Å². The van der Waals surface area contributed by atoms with Crippen LogP contribution in [0.4, 0.5) is 5.69 Å². The van der Waals surface area contributed by atoms with Gasteiger partial charge in [-0.1, -0.05) is 5.16 Å². The first-order chi connectivity index (χ1) is 9.63. The Bertz CT molecular complexity index is 753. The molecular formula is C14H14N4O2. The normalized spacial score (nSPS) is 10.9. The molecule has 0 aliphatic carbocycles. The number of amides is 1. The van der Waals surface area contributed by atoms with Crippen molar-refractivity contribution in [2.75, 3.05) is 5.32 Å². The van der Waals surface area contributed by atoms with Gasteiger partial charge in [-0.2, -0.15) is 5.10 Å². The minimum atomic E-state index is -0.0942. The van der Waals surface area contributed by atoms with Crippen LogP contribution in [0.2, 0.25) is 0 Å². The summed E-state index contributed by atoms with van der Waals surface area (Å²) >= 11 is 0. The summed E-state index contributed by atoms with van der Waals surface area (Å²) in [6, 6.07) is 5.56. The van der Waals surface area contributed by atoms with Gasteiger partial charge in [0.25, 0.3) is 0 Å². The average Bonchev–Trinajstić information content (AvgIpc) is 3.00. The number of anilines is 1. The Kier molecular flexibility index (Phi) is 2.98. The van der Waals surface area contributed by atoms with E-state index in [1.54, 1.807) is 23.8 Å². The maximum atomic E-state index is 12.1. The molecule has 0 radical (unpaired) electrons. The molecule has 0 atom stereocenters. The third kappa shape index (κ3) is 2.27. The minimum absolute atomic E-state index is 0.0942. The summed E-state index contributed by atoms with van der Waals surface area (Å²) in [5.41, 5.74) is 3.27. The smallest absolute Gasteiger partial charge is 0.229 e. The predicted molar refractivity (Wildman–Crippen MR) is 73.5 cm³/mol. The summed E-state index contributed by atoms with van der Waals surface area (Å²) in [5, 5.41) is 10.8. The van der Waals surface area contributed by atoms with Crippen molar-refractivity contribution in [2.45, 2.75) is 20.3 Å². The lowest BCUT2D eigenvalue weighted by atomic mass is 10.1. The SMILES string of the molecule is Cc1noc(C)c1CC(=O)Nc1ccn2nccc2c1. The van der Waals surface area contributed by atoms with E-state index >= 15 is 0 Å². The fourth-order valence-electron chi connectivity index (χ4n) is 2.12. The van der Waals surface area contributed by atoms with Crippen molar-refractivity contribution < 1.29 is 9.32 Å². The highest BCUT2D eigenvalue weighted by molar-refractivity contribution is 5.93. The van der Waals surface area contributed by atoms with Crippen molar-refractivity contribution in [3.8, 4) is 0 Å². The number of carbonyl (C=O) groups is 1. The molecule has 20 heavy (non-hydrogen) atoms. The second kappa shape index (κ2) is 4.80. The monoisotopic (exact) mass is 270 g/mol. The molecule has 6 nitrogen and oxygen atoms in total. The third-order valence-electron chi connectivity index (χ3n) is 3.20. The van der Waals surface area contributed by atoms with Gasteiger partial charge < -0.3 is 9.84 Å². The van der Waals surface area contributed by atoms with Crippen molar-refractivity contribution in [3.63, 3.8) is 0 Å². The van der Waals surface area contributed by atoms with Gasteiger partial charge in [-0.25, -0.2) is 4.52 Å². The van der Waals surface area contributed by atoms with Gasteiger partial charge in [-0.3, -0.25) is 4.79 Å². The van der Waals surface area contributed by atoms with Crippen LogP contribution in [0.1, 0.15) is 17.0 Å². The molecule has 3 aromatic rings. The Labute approximate surface area is 115 Å². The van der Waals surface area contributed by atoms with Crippen molar-refractivity contribution in [1.82, 2.24) is 14.8 Å². The standard InChI is InChI=1S/C14H14N4O2/c1-9-13(10(2)20-17-9)8-14(19)16-11-4-6-18-12(7-11)3-5-15-18/h3-7H,8H2,1-2H3,(H,16,19). The molecule has 6 heteroatoms. The first-order valence-corrected chi connectivity index (χ1v) is 6.28. The predicted octanol–water partition coefficient (Wildman–Crippen LogP) is 2.12. The largest absolute Gasteiger partial charge is 0.361 e. The molecule has 0 aliphatic rings. The highest BCUT2D eigenvalue weighted by Gasteiger charge is 2.13. The topological polar surface area (TPSA) is 72.4 Å². The van der Waals surface area contributed by atoms with E-state index in [1.807, 2.05) is 25.1 Å². The summed E-state index contributed by atoms with van der Waals surface area (Å²) in [4.78, 5) is 12.1. The molecule has 0 fully saturated rings. The Morgan fingerprint density at radius 1 is 1.40 bits per heavy atom. The summed E-state index contributed by atoms with van der Waals surface area (Å²) in [6.07, 6.45) is 3.78. The van der Waals surface area contributed by atoms with Crippen LogP contribution < -0.4 is 5.32 Å². The minimum Gasteiger partial charge on any atom is -0.361 e. The lowest BCUT2D eigenvalue weighted by Gasteiger charge is -2.05. The van der Waals surface area contributed by atoms with Gasteiger partial charge in [0.1, 0.15) is 5.76 Å². The van der Waals surface area contributed by atoms with Gasteiger partial charge in [-0.15, -0.1) is 0 Å². The zero-order valence-corrected chi connectivity index (χ0v) is 11.3. The second-order valence-corrected chi connectivity index (χ2v) is 4.64. The zero-order valence-electron chi connectivity index (χ0n) is 11.3. The van der Waals surface area contributed by atoms with Gasteiger partial charge >= 0.3 is 0 Å². The number of carbonyl (C=O) groups excluding carboxylic acids is 1. The fraction of sp³-hybridized carbons (Fsp3) is 0.214. The molecule has 1 N–H and O–H groups in total. The number of nitrogens with one attached hydrogen (secondary N) is 1. The van der Waals surface area contributed by atoms with E-state index in [0.29, 0.717) is 5.76 Å². The van der Waals surface area contributed by atoms with E-state index in [-0.39, 0.29) is 12.3 Å². The van der Waals surface area contributed by atoms with Crippen LogP contribution in [0.3, 0.4) is 0 Å². The van der Waals surface area contributed by atoms with E-state index in [1.165, 1.54) is 0 Å². The number of hydrogen-bond donors (Lipinski definition) is 1. The molecule has 0 unspecified atom stereocenters. The number of aromatic nitrogens is 3. The number of pyridine rings is 1. The lowest BCUT2D eigenvalue weighted by Crippen LogP contribution is -2.15. The number of aryl methyl sites for hydroxylation is 2. The molecule has 0 bridgehead atoms. The van der Waals surface area contributed by atoms with Crippen molar-refractivity contribution in [2.24, 2.45) is 0 Å². The number of rotatable bonds is 3. The third-order valence-corrected chi connectivity index (χ3v) is 3.20. The van der Waals surface area contributed by atoms with Gasteiger partial charge in [-0.05, 0) is 32.0 Å². The van der Waals surface area contributed by atoms with Crippen molar-refractivity contribution in [1.29, 1.82) is 0 Å². The molecule has 3 rings (SSSR count). The highest BCUT2D eigenvalue weighted by Crippen LogP contribution is 2.15. The number of nitrogens with zero attached hydrogens (tertiary/aromatic N) is 3. The molecule has 0 aromatic carbocycles. The maximum Gasteiger partial charge on any atom is 0.229 e. The van der Waals surface area contributed by atoms with E-state index in [0.717, 1.165) is 22.5 Å². The lowest BCUT2D eigenvalue weighted by molar-refractivity contribution is -0.115. The van der Waals surface area contributed by atoms with Crippen LogP contribution in [0, 0.1) is 13.8 Å². The Balaban J connectivity index is 1.75. The van der Waals surface area contributed by atoms with Crippen LogP contribution in [0.15, 0.2) is 35.1 Å². The maximum absolute atomic E-state index is 12.1. The summed E-state index contributed by atoms with van der Waals surface area (Å²) in [6.45, 7) is 3.64. The fourth-order valence-corrected chi connectivity index (χ4v) is 2.12. The molecule has 102 valence electrons. The van der Waals surface area contributed by atoms with Crippen molar-refractivity contribution >= 4 is 17.1 Å². The number of fused-ring (bicyclic) bond motifs is 1. The molecule has 1 amide bonds. The molecule has 0 aliphatic heterocycles. The van der Waals surface area contributed by atoms with E-state index < -0.39 is 0 Å². The van der Waals surface area contributed by atoms with Crippen LogP contribution in [0.5, 0.6) is 0 Å². The van der Waals surface area contributed by atoms with Crippen LogP contribution >= 0.6 is 0 Å². The number of hydrogen-bond acceptors (Lipinski definition) is 4. The van der Waals surface area contributed by atoms with Gasteiger partial charge in [0.2, 0.25) is 5.91 Å². The molecule has 0 saturated heterocycles. The van der Waals surface area contributed by atoms with E-state index in [2.05, 4.69) is 15.6 Å². The van der Waals surface area contributed by atoms with Crippen molar-refractivity contribution in [3.05, 3.63) is 47.6 Å². The van der Waals surface area contributed by atoms with Gasteiger partial charge in [0.15, 0.2) is 0 Å². The molecular weight excluding hydrogens is 256 g/mol. The first-order valence-electron chi connectivity index (χ1n) is 6.28. The van der Waals surface area contributed by atoms with E-state index in [9.17, 15) is 4.79 Å². The quantitative estimate of drug-likeness (QED) is 0.791. The summed E-state index contributed by atoms with van der Waals surface area (Å²) in [5.74, 6) is 0.590. The Hall–Kier alpha value is -2.63. The highest BCUT2D eigenvalue weighted by atomic mass is 16.5. The molecule has 3 heterocycles. The van der Waals surface area contributed by atoms with Gasteiger partial charge in [0.05, 0.1) is 17.6 Å². The van der Waals surface area contributed by atoms with Crippen LogP contribution in [-0.2, 0) is 11.2 Å². The van der Waals surface area contributed by atoms with Crippen LogP contribution in [0.25, 0.3) is 5.52 Å². The Morgan fingerprint density at radius 2 is 2.25 bits per heavy atom. The van der Waals surface area contributed by atoms with E-state index in [4.69, 9.17) is 4.52 Å². The summed E-state index contributed by atoms with van der Waals surface area (Å²) < 4.78 is 6.79. The molecule has 3 aromatic heterocycles. The first kappa shape index (κ1) is 12.4. The van der Waals surface area contributed by atoms with Crippen LogP contribution in [-0.4, -0.2) is 20.7 Å². The molecule has 0 saturated carbocycles. The Morgan fingerprint density at radius 3 is 3.00 bits per heavy atom. The zero-order chi connectivity index (χ0) is 14.1. The second-order valence-electron chi connectivity index (χ2n) is 4.64. The summed E-state index contributed by atoms with van der Waals surface area (Å²) in [7, 11) is 0. The molecule has 0 spiro atoms.